The Morgan fingerprint density at radius 1 is 0.483 bits per heavy atom. The molecule has 1 aromatic heterocycles. The van der Waals surface area contributed by atoms with Crippen LogP contribution in [0.4, 0.5) is 17.1 Å². The molecule has 3 heterocycles. The van der Waals surface area contributed by atoms with E-state index in [2.05, 4.69) is 111 Å². The van der Waals surface area contributed by atoms with Gasteiger partial charge in [-0.1, -0.05) is 159 Å². The molecule has 9 heteroatoms. The van der Waals surface area contributed by atoms with Gasteiger partial charge in [-0.05, 0) is 65.5 Å². The van der Waals surface area contributed by atoms with Gasteiger partial charge in [0.1, 0.15) is 11.5 Å². The minimum absolute atomic E-state index is 0.0268. The van der Waals surface area contributed by atoms with Crippen LogP contribution >= 0.6 is 0 Å². The molecule has 0 spiro atoms. The number of anilines is 3. The van der Waals surface area contributed by atoms with Crippen LogP contribution in [-0.2, 0) is 5.41 Å². The van der Waals surface area contributed by atoms with Gasteiger partial charge < -0.3 is 18.9 Å². The maximum Gasteiger partial charge on any atom is 0.408 e. The van der Waals surface area contributed by atoms with Gasteiger partial charge in [0, 0.05) is 48.0 Å². The molecule has 8 aromatic rings. The zero-order valence-corrected chi connectivity index (χ0v) is 31.5. The number of para-hydroxylation sites is 5. The van der Waals surface area contributed by atoms with E-state index in [4.69, 9.17) is 22.9 Å². The van der Waals surface area contributed by atoms with Crippen LogP contribution in [0.25, 0.3) is 11.4 Å². The maximum absolute atomic E-state index is 8.87. The van der Waals surface area contributed by atoms with E-state index in [9.17, 15) is 0 Å². The summed E-state index contributed by atoms with van der Waals surface area (Å²) in [6, 6.07) is 65.4. The van der Waals surface area contributed by atoms with Crippen molar-refractivity contribution in [1.29, 1.82) is 0 Å². The SMILES string of the molecule is [2H]C([2H])([2H])C1(C([2H])([2H])[2H])c2ccccc2Oc2c(-c3nccc(B4N(c5ccccc5)B(c5ccccc5)N(c5ccccc5)B(c5ccccc5)N4c4ccccc4)n3)cccc21. The Hall–Kier alpha value is -6.99. The normalized spacial score (nSPS) is 16.4. The fraction of sp³-hybridized carbons (Fsp3) is 0.0612. The van der Waals surface area contributed by atoms with Crippen molar-refractivity contribution < 1.29 is 13.0 Å². The van der Waals surface area contributed by atoms with E-state index in [1.165, 1.54) is 6.07 Å². The summed E-state index contributed by atoms with van der Waals surface area (Å²) >= 11 is 0. The van der Waals surface area contributed by atoms with Gasteiger partial charge in [0.05, 0.1) is 11.2 Å². The summed E-state index contributed by atoms with van der Waals surface area (Å²) in [5, 5.41) is 0. The Kier molecular flexibility index (Phi) is 7.49. The van der Waals surface area contributed by atoms with Crippen molar-refractivity contribution in [2.45, 2.75) is 19.1 Å². The highest BCUT2D eigenvalue weighted by molar-refractivity contribution is 7.14. The third-order valence-corrected chi connectivity index (χ3v) is 11.0. The number of hydrogen-bond donors (Lipinski definition) is 0. The van der Waals surface area contributed by atoms with Gasteiger partial charge in [0.25, 0.3) is 0 Å². The van der Waals surface area contributed by atoms with Crippen molar-refractivity contribution in [3.8, 4) is 22.9 Å². The summed E-state index contributed by atoms with van der Waals surface area (Å²) in [6.07, 6.45) is 1.71. The monoisotopic (exact) mass is 753 g/mol. The number of fused-ring (bicyclic) bond motifs is 2. The molecule has 0 unspecified atom stereocenters. The molecule has 1 fully saturated rings. The van der Waals surface area contributed by atoms with Crippen LogP contribution in [-0.4, -0.2) is 30.9 Å². The third kappa shape index (κ3) is 6.11. The Bertz CT molecular complexity index is 2800. The molecule has 10 rings (SSSR count). The number of aromatic nitrogens is 2. The van der Waals surface area contributed by atoms with Gasteiger partial charge in [-0.3, -0.25) is 0 Å². The lowest BCUT2D eigenvalue weighted by atomic mass is 9.37. The topological polar surface area (TPSA) is 44.7 Å². The van der Waals surface area contributed by atoms with E-state index in [1.807, 2.05) is 60.7 Å². The molecule has 0 N–H and O–H groups in total. The zero-order valence-electron chi connectivity index (χ0n) is 37.5. The van der Waals surface area contributed by atoms with E-state index >= 15 is 0 Å². The summed E-state index contributed by atoms with van der Waals surface area (Å²) in [4.78, 5) is 10.3. The number of nitrogens with zero attached hydrogens (tertiary/aromatic N) is 5. The van der Waals surface area contributed by atoms with Crippen molar-refractivity contribution >= 4 is 54.5 Å². The molecule has 7 aromatic carbocycles. The van der Waals surface area contributed by atoms with E-state index in [1.54, 1.807) is 42.6 Å². The van der Waals surface area contributed by atoms with Crippen LogP contribution in [0.15, 0.2) is 206 Å². The number of rotatable bonds is 7. The van der Waals surface area contributed by atoms with Crippen LogP contribution in [0.5, 0.6) is 11.5 Å². The molecule has 0 radical (unpaired) electrons. The predicted octanol–water partition coefficient (Wildman–Crippen LogP) is 8.59. The number of ether oxygens (including phenoxy) is 1. The molecule has 0 amide bonds. The highest BCUT2D eigenvalue weighted by Crippen LogP contribution is 2.50. The van der Waals surface area contributed by atoms with Crippen molar-refractivity contribution in [2.75, 3.05) is 14.2 Å². The number of benzene rings is 7. The van der Waals surface area contributed by atoms with Gasteiger partial charge in [-0.2, -0.15) is 0 Å². The van der Waals surface area contributed by atoms with E-state index < -0.39 is 40.1 Å². The van der Waals surface area contributed by atoms with E-state index in [0.717, 1.165) is 28.0 Å². The highest BCUT2D eigenvalue weighted by Gasteiger charge is 2.56. The Morgan fingerprint density at radius 3 is 1.48 bits per heavy atom. The molecule has 0 atom stereocenters. The smallest absolute Gasteiger partial charge is 0.408 e. The van der Waals surface area contributed by atoms with Crippen LogP contribution in [0.2, 0.25) is 0 Å². The second kappa shape index (κ2) is 14.8. The summed E-state index contributed by atoms with van der Waals surface area (Å²) in [5.41, 5.74) is 3.70. The zero-order chi connectivity index (χ0) is 44.1. The lowest BCUT2D eigenvalue weighted by Gasteiger charge is -2.56. The Balaban J connectivity index is 1.26. The molecular formula is C49H40B3N5O. The molecule has 6 nitrogen and oxygen atoms in total. The van der Waals surface area contributed by atoms with E-state index in [0.29, 0.717) is 11.2 Å². The highest BCUT2D eigenvalue weighted by atomic mass is 16.5. The first-order valence-corrected chi connectivity index (χ1v) is 19.4. The average Bonchev–Trinajstić information content (AvgIpc) is 3.32. The molecule has 276 valence electrons. The summed E-state index contributed by atoms with van der Waals surface area (Å²) < 4.78 is 67.1. The largest absolute Gasteiger partial charge is 0.456 e. The molecule has 2 aliphatic heterocycles. The molecule has 58 heavy (non-hydrogen) atoms. The van der Waals surface area contributed by atoms with Crippen molar-refractivity contribution in [3.05, 3.63) is 218 Å². The lowest BCUT2D eigenvalue weighted by molar-refractivity contribution is 0.419. The first-order valence-electron chi connectivity index (χ1n) is 22.4. The fourth-order valence-corrected chi connectivity index (χ4v) is 8.51. The van der Waals surface area contributed by atoms with E-state index in [-0.39, 0.29) is 28.5 Å². The van der Waals surface area contributed by atoms with Crippen LogP contribution in [0, 0.1) is 0 Å². The first kappa shape index (κ1) is 29.3. The summed E-state index contributed by atoms with van der Waals surface area (Å²) in [7, 11) is 0. The molecule has 0 aliphatic carbocycles. The standard InChI is InChI=1S/C49H40B3N5O/c1-49(2)43-32-18-19-34-45(43)58-47-42(31-20-33-44(47)49)48-53-36-35-46(54-48)52-56(40-27-14-6-15-28-40)50(37-21-8-3-9-22-37)55(39-25-12-5-13-26-39)51(38-23-10-4-11-24-38)57(52)41-29-16-7-17-30-41/h3-36H,1-2H3/i1D3,2D3. The number of hydrogen-bond acceptors (Lipinski definition) is 6. The average molecular weight is 753 g/mol. The second-order valence-corrected chi connectivity index (χ2v) is 14.5. The minimum Gasteiger partial charge on any atom is -0.456 e. The van der Waals surface area contributed by atoms with Crippen LogP contribution < -0.4 is 35.4 Å². The van der Waals surface area contributed by atoms with Crippen molar-refractivity contribution in [1.82, 2.24) is 9.97 Å². The molecular weight excluding hydrogens is 707 g/mol. The first-order chi connectivity index (χ1) is 31.1. The predicted molar refractivity (Wildman–Crippen MR) is 242 cm³/mol. The summed E-state index contributed by atoms with van der Waals surface area (Å²) in [5.74, 6) is 0.493. The Morgan fingerprint density at radius 2 is 0.948 bits per heavy atom. The second-order valence-electron chi connectivity index (χ2n) is 14.5. The summed E-state index contributed by atoms with van der Waals surface area (Å²) in [6.45, 7) is -7.39. The van der Waals surface area contributed by atoms with Crippen molar-refractivity contribution in [2.24, 2.45) is 0 Å². The fourth-order valence-electron chi connectivity index (χ4n) is 8.51. The van der Waals surface area contributed by atoms with Gasteiger partial charge in [0.2, 0.25) is 0 Å². The van der Waals surface area contributed by atoms with Gasteiger partial charge in [-0.15, -0.1) is 0 Å². The molecule has 0 bridgehead atoms. The maximum atomic E-state index is 8.87. The molecule has 0 saturated carbocycles. The quantitative estimate of drug-likeness (QED) is 0.152. The van der Waals surface area contributed by atoms with Gasteiger partial charge in [0.15, 0.2) is 5.82 Å². The molecule has 2 aliphatic rings. The third-order valence-electron chi connectivity index (χ3n) is 11.0. The van der Waals surface area contributed by atoms with Gasteiger partial charge >= 0.3 is 20.9 Å². The molecule has 1 saturated heterocycles. The van der Waals surface area contributed by atoms with Crippen molar-refractivity contribution in [3.63, 3.8) is 0 Å². The van der Waals surface area contributed by atoms with Gasteiger partial charge in [-0.25, -0.2) is 9.97 Å². The van der Waals surface area contributed by atoms with Crippen LogP contribution in [0.1, 0.15) is 33.1 Å². The lowest BCUT2D eigenvalue weighted by Crippen LogP contribution is -2.86. The minimum atomic E-state index is -2.99. The van der Waals surface area contributed by atoms with Crippen LogP contribution in [0.3, 0.4) is 0 Å². The Labute approximate surface area is 350 Å².